The quantitative estimate of drug-likeness (QED) is 0.548. The number of rotatable bonds is 5. The third kappa shape index (κ3) is 5.72. The molecule has 2 unspecified atom stereocenters. The van der Waals surface area contributed by atoms with Gasteiger partial charge in [0.25, 0.3) is 0 Å². The third-order valence-corrected chi connectivity index (χ3v) is 6.56. The van der Waals surface area contributed by atoms with Crippen LogP contribution in [0.5, 0.6) is 0 Å². The van der Waals surface area contributed by atoms with Gasteiger partial charge in [0.05, 0.1) is 18.5 Å². The highest BCUT2D eigenvalue weighted by atomic mass is 35.7. The van der Waals surface area contributed by atoms with E-state index in [0.717, 1.165) is 32.1 Å². The van der Waals surface area contributed by atoms with Crippen molar-refractivity contribution >= 4 is 19.7 Å². The molecule has 0 spiro atoms. The predicted molar refractivity (Wildman–Crippen MR) is 87.1 cm³/mol. The molecule has 21 heavy (non-hydrogen) atoms. The topological polar surface area (TPSA) is 43.4 Å². The van der Waals surface area contributed by atoms with Gasteiger partial charge < -0.3 is 4.74 Å². The first-order chi connectivity index (χ1) is 9.90. The monoisotopic (exact) mass is 336 g/mol. The van der Waals surface area contributed by atoms with E-state index >= 15 is 0 Å². The maximum absolute atomic E-state index is 11.6. The van der Waals surface area contributed by atoms with Gasteiger partial charge in [-0.3, -0.25) is 0 Å². The highest BCUT2D eigenvalue weighted by molar-refractivity contribution is 8.13. The summed E-state index contributed by atoms with van der Waals surface area (Å²) < 4.78 is 29.5. The van der Waals surface area contributed by atoms with Crippen LogP contribution in [0.4, 0.5) is 0 Å². The molecule has 0 saturated heterocycles. The molecule has 0 heterocycles. The molecule has 0 N–H and O–H groups in total. The van der Waals surface area contributed by atoms with E-state index in [9.17, 15) is 8.42 Å². The Balaban J connectivity index is 2.00. The lowest BCUT2D eigenvalue weighted by atomic mass is 9.82. The van der Waals surface area contributed by atoms with E-state index in [1.165, 1.54) is 32.1 Å². The second-order valence-corrected chi connectivity index (χ2v) is 9.99. The molecule has 3 nitrogen and oxygen atoms in total. The van der Waals surface area contributed by atoms with Crippen LogP contribution < -0.4 is 0 Å². The van der Waals surface area contributed by atoms with Gasteiger partial charge in [0.1, 0.15) is 0 Å². The summed E-state index contributed by atoms with van der Waals surface area (Å²) in [5, 5.41) is 0. The number of ether oxygens (including phenoxy) is 1. The average Bonchev–Trinajstić information content (AvgIpc) is 2.62. The third-order valence-electron chi connectivity index (χ3n) is 5.28. The molecule has 0 aromatic carbocycles. The van der Waals surface area contributed by atoms with Gasteiger partial charge in [-0.25, -0.2) is 8.42 Å². The number of hydrogen-bond acceptors (Lipinski definition) is 3. The van der Waals surface area contributed by atoms with Crippen molar-refractivity contribution in [2.75, 3.05) is 12.4 Å². The van der Waals surface area contributed by atoms with Gasteiger partial charge in [0.2, 0.25) is 9.05 Å². The van der Waals surface area contributed by atoms with Crippen LogP contribution in [0.1, 0.15) is 71.1 Å². The van der Waals surface area contributed by atoms with E-state index in [2.05, 4.69) is 6.92 Å². The zero-order chi connectivity index (χ0) is 15.3. The van der Waals surface area contributed by atoms with Crippen LogP contribution in [-0.2, 0) is 13.8 Å². The van der Waals surface area contributed by atoms with Crippen molar-refractivity contribution in [2.24, 2.45) is 11.3 Å². The lowest BCUT2D eigenvalue weighted by molar-refractivity contribution is -0.0474. The van der Waals surface area contributed by atoms with Crippen molar-refractivity contribution in [1.82, 2.24) is 0 Å². The highest BCUT2D eigenvalue weighted by Gasteiger charge is 2.37. The molecule has 0 bridgehead atoms. The lowest BCUT2D eigenvalue weighted by Gasteiger charge is -2.36. The van der Waals surface area contributed by atoms with Gasteiger partial charge in [-0.1, -0.05) is 45.4 Å². The number of halogens is 1. The zero-order valence-corrected chi connectivity index (χ0v) is 14.7. The van der Waals surface area contributed by atoms with Crippen LogP contribution in [0.15, 0.2) is 0 Å². The van der Waals surface area contributed by atoms with E-state index in [0.29, 0.717) is 18.6 Å². The molecule has 2 atom stereocenters. The molecule has 0 aromatic rings. The first kappa shape index (κ1) is 17.6. The van der Waals surface area contributed by atoms with Gasteiger partial charge in [-0.05, 0) is 31.6 Å². The molecule has 2 aliphatic rings. The van der Waals surface area contributed by atoms with Crippen molar-refractivity contribution in [3.05, 3.63) is 0 Å². The van der Waals surface area contributed by atoms with E-state index in [4.69, 9.17) is 15.4 Å². The molecule has 0 amide bonds. The Morgan fingerprint density at radius 3 is 2.24 bits per heavy atom. The van der Waals surface area contributed by atoms with Crippen LogP contribution in [-0.4, -0.2) is 26.9 Å². The second kappa shape index (κ2) is 7.65. The molecule has 0 aromatic heterocycles. The van der Waals surface area contributed by atoms with Crippen LogP contribution in [0.25, 0.3) is 0 Å². The molecule has 2 rings (SSSR count). The van der Waals surface area contributed by atoms with Crippen LogP contribution in [0.2, 0.25) is 0 Å². The summed E-state index contributed by atoms with van der Waals surface area (Å²) in [4.78, 5) is 0. The summed E-state index contributed by atoms with van der Waals surface area (Å²) in [5.74, 6) is 0.664. The van der Waals surface area contributed by atoms with Crippen molar-refractivity contribution in [2.45, 2.75) is 77.2 Å². The zero-order valence-electron chi connectivity index (χ0n) is 13.2. The van der Waals surface area contributed by atoms with Crippen molar-refractivity contribution in [3.63, 3.8) is 0 Å². The summed E-state index contributed by atoms with van der Waals surface area (Å²) in [7, 11) is 2.10. The minimum Gasteiger partial charge on any atom is -0.377 e. The summed E-state index contributed by atoms with van der Waals surface area (Å²) in [6.07, 6.45) is 11.6. The smallest absolute Gasteiger partial charge is 0.233 e. The Hall–Kier alpha value is 0.200. The van der Waals surface area contributed by atoms with Gasteiger partial charge in [-0.15, -0.1) is 0 Å². The fraction of sp³-hybridized carbons (Fsp3) is 1.00. The first-order valence-corrected chi connectivity index (χ1v) is 10.9. The molecule has 2 fully saturated rings. The largest absolute Gasteiger partial charge is 0.377 e. The van der Waals surface area contributed by atoms with E-state index in [-0.39, 0.29) is 11.2 Å². The minimum absolute atomic E-state index is 0.0721. The molecule has 0 aliphatic heterocycles. The molecule has 5 heteroatoms. The lowest BCUT2D eigenvalue weighted by Crippen LogP contribution is -2.37. The SMILES string of the molecule is CC1CCCCC1OCC1(CS(=O)(=O)Cl)CCCCCC1. The fourth-order valence-electron chi connectivity index (χ4n) is 3.99. The van der Waals surface area contributed by atoms with Gasteiger partial charge in [-0.2, -0.15) is 0 Å². The molecule has 2 saturated carbocycles. The molecular formula is C16H29ClO3S. The normalized spacial score (nSPS) is 30.8. The van der Waals surface area contributed by atoms with Gasteiger partial charge in [0.15, 0.2) is 0 Å². The van der Waals surface area contributed by atoms with E-state index in [1.54, 1.807) is 0 Å². The van der Waals surface area contributed by atoms with E-state index < -0.39 is 9.05 Å². The Morgan fingerprint density at radius 1 is 1.05 bits per heavy atom. The first-order valence-electron chi connectivity index (χ1n) is 8.44. The van der Waals surface area contributed by atoms with Gasteiger partial charge >= 0.3 is 0 Å². The Morgan fingerprint density at radius 2 is 1.67 bits per heavy atom. The van der Waals surface area contributed by atoms with Crippen molar-refractivity contribution in [1.29, 1.82) is 0 Å². The van der Waals surface area contributed by atoms with Crippen LogP contribution in [0, 0.1) is 11.3 Å². The van der Waals surface area contributed by atoms with Crippen LogP contribution in [0.3, 0.4) is 0 Å². The van der Waals surface area contributed by atoms with Crippen LogP contribution >= 0.6 is 10.7 Å². The molecule has 0 radical (unpaired) electrons. The predicted octanol–water partition coefficient (Wildman–Crippen LogP) is 4.49. The van der Waals surface area contributed by atoms with Gasteiger partial charge in [0, 0.05) is 16.1 Å². The van der Waals surface area contributed by atoms with Crippen molar-refractivity contribution in [3.8, 4) is 0 Å². The molecular weight excluding hydrogens is 308 g/mol. The Labute approximate surface area is 134 Å². The molecule has 2 aliphatic carbocycles. The highest BCUT2D eigenvalue weighted by Crippen LogP contribution is 2.39. The minimum atomic E-state index is -3.47. The van der Waals surface area contributed by atoms with Crippen molar-refractivity contribution < 1.29 is 13.2 Å². The maximum Gasteiger partial charge on any atom is 0.233 e. The average molecular weight is 337 g/mol. The summed E-state index contributed by atoms with van der Waals surface area (Å²) in [6, 6.07) is 0. The summed E-state index contributed by atoms with van der Waals surface area (Å²) in [6.45, 7) is 2.82. The summed E-state index contributed by atoms with van der Waals surface area (Å²) >= 11 is 0. The Kier molecular flexibility index (Phi) is 6.39. The molecule has 124 valence electrons. The fourth-order valence-corrected chi connectivity index (χ4v) is 5.79. The Bertz CT molecular complexity index is 413. The summed E-state index contributed by atoms with van der Waals surface area (Å²) in [5.41, 5.74) is -0.256. The number of hydrogen-bond donors (Lipinski definition) is 0. The standard InChI is InChI=1S/C16H29ClO3S/c1-14-8-4-5-9-15(14)20-12-16(13-21(17,18)19)10-6-2-3-7-11-16/h14-15H,2-13H2,1H3. The second-order valence-electron chi connectivity index (χ2n) is 7.21. The maximum atomic E-state index is 11.6. The van der Waals surface area contributed by atoms with E-state index in [1.807, 2.05) is 0 Å².